The van der Waals surface area contributed by atoms with Gasteiger partial charge >= 0.3 is 0 Å². The third-order valence-electron chi connectivity index (χ3n) is 3.32. The molecule has 3 nitrogen and oxygen atoms in total. The quantitative estimate of drug-likeness (QED) is 0.415. The van der Waals surface area contributed by atoms with Crippen molar-refractivity contribution in [3.63, 3.8) is 0 Å². The monoisotopic (exact) mass is 314 g/mol. The number of nitrogens with zero attached hydrogens (tertiary/aromatic N) is 1. The lowest BCUT2D eigenvalue weighted by atomic mass is 10.1. The number of carbonyl (C=O) groups excluding carboxylic acids is 1. The number of nitrogens with one attached hydrogen (secondary N) is 1. The van der Waals surface area contributed by atoms with Gasteiger partial charge in [-0.25, -0.2) is 9.37 Å². The molecule has 2 aromatic carbocycles. The number of para-hydroxylation sites is 2. The Labute approximate surface area is 132 Å². The van der Waals surface area contributed by atoms with Crippen LogP contribution in [0.1, 0.15) is 23.2 Å². The Morgan fingerprint density at radius 2 is 1.91 bits per heavy atom. The van der Waals surface area contributed by atoms with E-state index in [0.29, 0.717) is 12.0 Å². The van der Waals surface area contributed by atoms with E-state index < -0.39 is 0 Å². The molecule has 5 heteroatoms. The number of hydrogen-bond acceptors (Lipinski definition) is 3. The third kappa shape index (κ3) is 3.54. The largest absolute Gasteiger partial charge is 0.333 e. The fraction of sp³-hybridized carbons (Fsp3) is 0.176. The summed E-state index contributed by atoms with van der Waals surface area (Å²) < 4.78 is 12.8. The van der Waals surface area contributed by atoms with Gasteiger partial charge in [-0.1, -0.05) is 23.9 Å². The first-order valence-corrected chi connectivity index (χ1v) is 8.07. The van der Waals surface area contributed by atoms with Crippen LogP contribution in [0.5, 0.6) is 0 Å². The standard InChI is InChI=1S/C17H15FN2OS/c18-13-9-7-12(8-10-13)16(21)6-3-11-22-17-19-14-4-1-2-5-15(14)20-17/h1-2,4-5,7-10H,3,6,11H2,(H,19,20). The molecule has 112 valence electrons. The van der Waals surface area contributed by atoms with Gasteiger partial charge in [-0.3, -0.25) is 4.79 Å². The lowest BCUT2D eigenvalue weighted by Crippen LogP contribution is -1.99. The summed E-state index contributed by atoms with van der Waals surface area (Å²) >= 11 is 1.61. The molecule has 1 aromatic heterocycles. The van der Waals surface area contributed by atoms with Gasteiger partial charge in [-0.2, -0.15) is 0 Å². The van der Waals surface area contributed by atoms with Crippen molar-refractivity contribution >= 4 is 28.6 Å². The summed E-state index contributed by atoms with van der Waals surface area (Å²) in [4.78, 5) is 19.7. The van der Waals surface area contributed by atoms with E-state index in [1.165, 1.54) is 24.3 Å². The van der Waals surface area contributed by atoms with Crippen LogP contribution in [0, 0.1) is 5.82 Å². The van der Waals surface area contributed by atoms with Gasteiger partial charge in [0.2, 0.25) is 0 Å². The molecule has 0 aliphatic heterocycles. The van der Waals surface area contributed by atoms with Gasteiger partial charge in [0, 0.05) is 17.7 Å². The molecule has 0 aliphatic carbocycles. The van der Waals surface area contributed by atoms with E-state index >= 15 is 0 Å². The molecule has 0 aliphatic rings. The van der Waals surface area contributed by atoms with Gasteiger partial charge in [0.1, 0.15) is 5.82 Å². The van der Waals surface area contributed by atoms with E-state index in [1.807, 2.05) is 24.3 Å². The number of benzene rings is 2. The van der Waals surface area contributed by atoms with Crippen molar-refractivity contribution in [1.29, 1.82) is 0 Å². The first kappa shape index (κ1) is 14.8. The summed E-state index contributed by atoms with van der Waals surface area (Å²) in [5.41, 5.74) is 2.54. The van der Waals surface area contributed by atoms with Crippen molar-refractivity contribution in [2.24, 2.45) is 0 Å². The number of ketones is 1. The molecule has 0 saturated heterocycles. The Morgan fingerprint density at radius 3 is 2.68 bits per heavy atom. The van der Waals surface area contributed by atoms with Crippen molar-refractivity contribution in [1.82, 2.24) is 9.97 Å². The Bertz CT molecular complexity index is 750. The molecule has 0 saturated carbocycles. The van der Waals surface area contributed by atoms with E-state index in [-0.39, 0.29) is 11.6 Å². The van der Waals surface area contributed by atoms with Gasteiger partial charge in [-0.15, -0.1) is 0 Å². The number of hydrogen-bond donors (Lipinski definition) is 1. The molecule has 0 atom stereocenters. The highest BCUT2D eigenvalue weighted by atomic mass is 32.2. The molecule has 3 rings (SSSR count). The second-order valence-electron chi connectivity index (χ2n) is 4.94. The van der Waals surface area contributed by atoms with Crippen LogP contribution in [0.15, 0.2) is 53.7 Å². The Morgan fingerprint density at radius 1 is 1.14 bits per heavy atom. The van der Waals surface area contributed by atoms with Crippen molar-refractivity contribution < 1.29 is 9.18 Å². The van der Waals surface area contributed by atoms with Crippen molar-refractivity contribution in [3.8, 4) is 0 Å². The smallest absolute Gasteiger partial charge is 0.166 e. The highest BCUT2D eigenvalue weighted by Gasteiger charge is 2.07. The first-order chi connectivity index (χ1) is 10.7. The fourth-order valence-electron chi connectivity index (χ4n) is 2.18. The molecule has 0 bridgehead atoms. The predicted molar refractivity (Wildman–Crippen MR) is 86.8 cm³/mol. The van der Waals surface area contributed by atoms with Crippen LogP contribution in [0.3, 0.4) is 0 Å². The number of carbonyl (C=O) groups is 1. The van der Waals surface area contributed by atoms with E-state index in [9.17, 15) is 9.18 Å². The second kappa shape index (κ2) is 6.75. The molecule has 1 N–H and O–H groups in total. The average molecular weight is 314 g/mol. The van der Waals surface area contributed by atoms with Crippen LogP contribution >= 0.6 is 11.8 Å². The molecule has 0 spiro atoms. The van der Waals surface area contributed by atoms with Crippen molar-refractivity contribution in [2.75, 3.05) is 5.75 Å². The SMILES string of the molecule is O=C(CCCSc1nc2ccccc2[nH]1)c1ccc(F)cc1. The number of aromatic amines is 1. The number of thioether (sulfide) groups is 1. The van der Waals surface area contributed by atoms with Gasteiger partial charge in [0.15, 0.2) is 10.9 Å². The summed E-state index contributed by atoms with van der Waals surface area (Å²) in [6, 6.07) is 13.6. The number of imidazole rings is 1. The topological polar surface area (TPSA) is 45.8 Å². The fourth-order valence-corrected chi connectivity index (χ4v) is 3.01. The molecule has 1 heterocycles. The van der Waals surface area contributed by atoms with Crippen molar-refractivity contribution in [2.45, 2.75) is 18.0 Å². The minimum absolute atomic E-state index is 0.0465. The lowest BCUT2D eigenvalue weighted by Gasteiger charge is -2.00. The predicted octanol–water partition coefficient (Wildman–Crippen LogP) is 4.46. The summed E-state index contributed by atoms with van der Waals surface area (Å²) in [6.45, 7) is 0. The number of fused-ring (bicyclic) bond motifs is 1. The highest BCUT2D eigenvalue weighted by Crippen LogP contribution is 2.20. The molecule has 22 heavy (non-hydrogen) atoms. The molecule has 0 amide bonds. The number of H-pyrrole nitrogens is 1. The average Bonchev–Trinajstić information content (AvgIpc) is 2.95. The van der Waals surface area contributed by atoms with Gasteiger partial charge < -0.3 is 4.98 Å². The van der Waals surface area contributed by atoms with Crippen LogP contribution in [0.25, 0.3) is 11.0 Å². The van der Waals surface area contributed by atoms with Crippen LogP contribution in [0.4, 0.5) is 4.39 Å². The maximum atomic E-state index is 12.8. The molecule has 0 radical (unpaired) electrons. The third-order valence-corrected chi connectivity index (χ3v) is 4.28. The Balaban J connectivity index is 1.49. The Hall–Kier alpha value is -2.14. The van der Waals surface area contributed by atoms with Gasteiger partial charge in [0.05, 0.1) is 11.0 Å². The highest BCUT2D eigenvalue weighted by molar-refractivity contribution is 7.99. The molecular weight excluding hydrogens is 299 g/mol. The summed E-state index contributed by atoms with van der Waals surface area (Å²) in [6.07, 6.45) is 1.22. The zero-order valence-electron chi connectivity index (χ0n) is 11.9. The number of Topliss-reactive ketones (excluding diaryl/α,β-unsaturated/α-hetero) is 1. The second-order valence-corrected chi connectivity index (χ2v) is 6.02. The number of rotatable bonds is 6. The van der Waals surface area contributed by atoms with Crippen LogP contribution in [0.2, 0.25) is 0 Å². The Kier molecular flexibility index (Phi) is 4.53. The number of halogens is 1. The zero-order chi connectivity index (χ0) is 15.4. The van der Waals surface area contributed by atoms with Crippen LogP contribution < -0.4 is 0 Å². The summed E-state index contributed by atoms with van der Waals surface area (Å²) in [5.74, 6) is 0.537. The van der Waals surface area contributed by atoms with E-state index in [1.54, 1.807) is 11.8 Å². The first-order valence-electron chi connectivity index (χ1n) is 7.09. The van der Waals surface area contributed by atoms with Crippen LogP contribution in [-0.4, -0.2) is 21.5 Å². The maximum absolute atomic E-state index is 12.8. The summed E-state index contributed by atoms with van der Waals surface area (Å²) in [5, 5.41) is 0.871. The van der Waals surface area contributed by atoms with Crippen LogP contribution in [-0.2, 0) is 0 Å². The van der Waals surface area contributed by atoms with Crippen molar-refractivity contribution in [3.05, 3.63) is 59.9 Å². The minimum atomic E-state index is -0.322. The molecular formula is C17H15FN2OS. The van der Waals surface area contributed by atoms with Gasteiger partial charge in [0.25, 0.3) is 0 Å². The van der Waals surface area contributed by atoms with E-state index in [0.717, 1.165) is 28.4 Å². The molecule has 0 fully saturated rings. The van der Waals surface area contributed by atoms with E-state index in [4.69, 9.17) is 0 Å². The lowest BCUT2D eigenvalue weighted by molar-refractivity contribution is 0.0982. The normalized spacial score (nSPS) is 11.0. The minimum Gasteiger partial charge on any atom is -0.333 e. The zero-order valence-corrected chi connectivity index (χ0v) is 12.7. The van der Waals surface area contributed by atoms with E-state index in [2.05, 4.69) is 9.97 Å². The van der Waals surface area contributed by atoms with Gasteiger partial charge in [-0.05, 0) is 42.8 Å². The summed E-state index contributed by atoms with van der Waals surface area (Å²) in [7, 11) is 0. The molecule has 0 unspecified atom stereocenters. The molecule has 3 aromatic rings. The number of aromatic nitrogens is 2. The maximum Gasteiger partial charge on any atom is 0.166 e.